The molecule has 1 aromatic rings. The SMILES string of the molecule is COc1ccc(OC)c(C(C)NCC2(C)CCCCC2)c1. The summed E-state index contributed by atoms with van der Waals surface area (Å²) < 4.78 is 10.8. The number of benzene rings is 1. The Morgan fingerprint density at radius 2 is 1.86 bits per heavy atom. The van der Waals surface area contributed by atoms with Gasteiger partial charge in [0.15, 0.2) is 0 Å². The van der Waals surface area contributed by atoms with Gasteiger partial charge in [0, 0.05) is 18.2 Å². The molecule has 0 aromatic heterocycles. The molecule has 3 nitrogen and oxygen atoms in total. The van der Waals surface area contributed by atoms with Gasteiger partial charge in [-0.1, -0.05) is 26.2 Å². The van der Waals surface area contributed by atoms with Crippen LogP contribution in [-0.4, -0.2) is 20.8 Å². The zero-order valence-electron chi connectivity index (χ0n) is 13.9. The largest absolute Gasteiger partial charge is 0.497 e. The lowest BCUT2D eigenvalue weighted by molar-refractivity contribution is 0.201. The van der Waals surface area contributed by atoms with Crippen LogP contribution in [0.4, 0.5) is 0 Å². The summed E-state index contributed by atoms with van der Waals surface area (Å²) in [4.78, 5) is 0. The molecule has 1 aliphatic carbocycles. The van der Waals surface area contributed by atoms with E-state index in [2.05, 4.69) is 25.2 Å². The molecule has 0 radical (unpaired) electrons. The van der Waals surface area contributed by atoms with E-state index in [-0.39, 0.29) is 6.04 Å². The zero-order chi connectivity index (χ0) is 15.3. The van der Waals surface area contributed by atoms with Crippen LogP contribution in [0.15, 0.2) is 18.2 Å². The van der Waals surface area contributed by atoms with Crippen molar-refractivity contribution in [2.45, 2.75) is 52.0 Å². The number of methoxy groups -OCH3 is 2. The molecule has 118 valence electrons. The summed E-state index contributed by atoms with van der Waals surface area (Å²) >= 11 is 0. The molecule has 2 rings (SSSR count). The monoisotopic (exact) mass is 291 g/mol. The zero-order valence-corrected chi connectivity index (χ0v) is 13.9. The first-order chi connectivity index (χ1) is 10.1. The van der Waals surface area contributed by atoms with Crippen LogP contribution in [0.3, 0.4) is 0 Å². The molecule has 0 spiro atoms. The van der Waals surface area contributed by atoms with Crippen molar-refractivity contribution < 1.29 is 9.47 Å². The van der Waals surface area contributed by atoms with Gasteiger partial charge in [0.1, 0.15) is 11.5 Å². The van der Waals surface area contributed by atoms with Gasteiger partial charge in [-0.3, -0.25) is 0 Å². The standard InChI is InChI=1S/C18H29NO2/c1-14(19-13-18(2)10-6-5-7-11-18)16-12-15(20-3)8-9-17(16)21-4/h8-9,12,14,19H,5-7,10-11,13H2,1-4H3. The van der Waals surface area contributed by atoms with Gasteiger partial charge in [-0.15, -0.1) is 0 Å². The summed E-state index contributed by atoms with van der Waals surface area (Å²) in [6, 6.07) is 6.25. The predicted octanol–water partition coefficient (Wildman–Crippen LogP) is 4.32. The molecule has 1 atom stereocenters. The van der Waals surface area contributed by atoms with E-state index in [1.165, 1.54) is 32.1 Å². The number of hydrogen-bond donors (Lipinski definition) is 1. The van der Waals surface area contributed by atoms with Crippen molar-refractivity contribution in [2.75, 3.05) is 20.8 Å². The van der Waals surface area contributed by atoms with E-state index in [0.29, 0.717) is 5.41 Å². The lowest BCUT2D eigenvalue weighted by Gasteiger charge is -2.35. The molecule has 0 saturated heterocycles. The van der Waals surface area contributed by atoms with E-state index in [9.17, 15) is 0 Å². The summed E-state index contributed by atoms with van der Waals surface area (Å²) in [7, 11) is 3.42. The van der Waals surface area contributed by atoms with Crippen molar-refractivity contribution in [2.24, 2.45) is 5.41 Å². The van der Waals surface area contributed by atoms with Crippen molar-refractivity contribution in [3.63, 3.8) is 0 Å². The van der Waals surface area contributed by atoms with E-state index in [0.717, 1.165) is 23.6 Å². The number of ether oxygens (including phenoxy) is 2. The van der Waals surface area contributed by atoms with Crippen LogP contribution in [0.5, 0.6) is 11.5 Å². The van der Waals surface area contributed by atoms with Gasteiger partial charge in [-0.2, -0.15) is 0 Å². The lowest BCUT2D eigenvalue weighted by Crippen LogP contribution is -2.35. The summed E-state index contributed by atoms with van der Waals surface area (Å²) in [6.45, 7) is 5.67. The second kappa shape index (κ2) is 7.17. The van der Waals surface area contributed by atoms with Crippen LogP contribution in [0.2, 0.25) is 0 Å². The molecule has 1 aliphatic rings. The van der Waals surface area contributed by atoms with Crippen molar-refractivity contribution in [1.82, 2.24) is 5.32 Å². The molecule has 0 heterocycles. The first kappa shape index (κ1) is 16.2. The Kier molecular flexibility index (Phi) is 5.51. The Bertz CT molecular complexity index is 453. The minimum atomic E-state index is 0.258. The highest BCUT2D eigenvalue weighted by Gasteiger charge is 2.27. The Morgan fingerprint density at radius 1 is 1.14 bits per heavy atom. The van der Waals surface area contributed by atoms with Gasteiger partial charge in [-0.25, -0.2) is 0 Å². The first-order valence-corrected chi connectivity index (χ1v) is 8.03. The average molecular weight is 291 g/mol. The highest BCUT2D eigenvalue weighted by molar-refractivity contribution is 5.42. The third kappa shape index (κ3) is 4.13. The summed E-state index contributed by atoms with van der Waals surface area (Å²) in [5, 5.41) is 3.70. The maximum absolute atomic E-state index is 5.49. The van der Waals surface area contributed by atoms with Crippen LogP contribution < -0.4 is 14.8 Å². The maximum Gasteiger partial charge on any atom is 0.123 e. The number of nitrogens with one attached hydrogen (secondary N) is 1. The average Bonchev–Trinajstić information content (AvgIpc) is 2.52. The Morgan fingerprint density at radius 3 is 2.48 bits per heavy atom. The van der Waals surface area contributed by atoms with Crippen molar-refractivity contribution in [1.29, 1.82) is 0 Å². The summed E-state index contributed by atoms with van der Waals surface area (Å²) in [6.07, 6.45) is 6.81. The van der Waals surface area contributed by atoms with Crippen molar-refractivity contribution in [3.05, 3.63) is 23.8 Å². The Hall–Kier alpha value is -1.22. The summed E-state index contributed by atoms with van der Waals surface area (Å²) in [5.74, 6) is 1.80. The van der Waals surface area contributed by atoms with E-state index in [1.807, 2.05) is 12.1 Å². The van der Waals surface area contributed by atoms with Gasteiger partial charge >= 0.3 is 0 Å². The van der Waals surface area contributed by atoms with Crippen LogP contribution in [-0.2, 0) is 0 Å². The van der Waals surface area contributed by atoms with E-state index >= 15 is 0 Å². The van der Waals surface area contributed by atoms with Crippen molar-refractivity contribution in [3.8, 4) is 11.5 Å². The van der Waals surface area contributed by atoms with Crippen molar-refractivity contribution >= 4 is 0 Å². The molecule has 1 unspecified atom stereocenters. The second-order valence-corrected chi connectivity index (χ2v) is 6.58. The number of hydrogen-bond acceptors (Lipinski definition) is 3. The van der Waals surface area contributed by atoms with Gasteiger partial charge in [-0.05, 0) is 43.4 Å². The fraction of sp³-hybridized carbons (Fsp3) is 0.667. The van der Waals surface area contributed by atoms with E-state index in [4.69, 9.17) is 9.47 Å². The van der Waals surface area contributed by atoms with Crippen LogP contribution >= 0.6 is 0 Å². The molecule has 3 heteroatoms. The highest BCUT2D eigenvalue weighted by atomic mass is 16.5. The Labute approximate surface area is 129 Å². The third-order valence-corrected chi connectivity index (χ3v) is 4.80. The molecular weight excluding hydrogens is 262 g/mol. The van der Waals surface area contributed by atoms with E-state index in [1.54, 1.807) is 14.2 Å². The quantitative estimate of drug-likeness (QED) is 0.846. The van der Waals surface area contributed by atoms with Gasteiger partial charge in [0.05, 0.1) is 14.2 Å². The Balaban J connectivity index is 2.03. The van der Waals surface area contributed by atoms with Crippen LogP contribution in [0, 0.1) is 5.41 Å². The summed E-state index contributed by atoms with van der Waals surface area (Å²) in [5.41, 5.74) is 1.61. The van der Waals surface area contributed by atoms with Gasteiger partial charge < -0.3 is 14.8 Å². The van der Waals surface area contributed by atoms with Gasteiger partial charge in [0.2, 0.25) is 0 Å². The topological polar surface area (TPSA) is 30.5 Å². The van der Waals surface area contributed by atoms with E-state index < -0.39 is 0 Å². The fourth-order valence-corrected chi connectivity index (χ4v) is 3.27. The molecule has 0 aliphatic heterocycles. The minimum absolute atomic E-state index is 0.258. The highest BCUT2D eigenvalue weighted by Crippen LogP contribution is 2.36. The smallest absolute Gasteiger partial charge is 0.123 e. The van der Waals surface area contributed by atoms with Crippen LogP contribution in [0.25, 0.3) is 0 Å². The maximum atomic E-state index is 5.49. The lowest BCUT2D eigenvalue weighted by atomic mass is 9.75. The van der Waals surface area contributed by atoms with Crippen LogP contribution in [0.1, 0.15) is 57.6 Å². The molecule has 0 amide bonds. The molecule has 1 aromatic carbocycles. The van der Waals surface area contributed by atoms with Gasteiger partial charge in [0.25, 0.3) is 0 Å². The fourth-order valence-electron chi connectivity index (χ4n) is 3.27. The predicted molar refractivity (Wildman–Crippen MR) is 87.2 cm³/mol. The number of rotatable bonds is 6. The molecule has 1 N–H and O–H groups in total. The molecule has 21 heavy (non-hydrogen) atoms. The second-order valence-electron chi connectivity index (χ2n) is 6.58. The first-order valence-electron chi connectivity index (χ1n) is 8.03. The minimum Gasteiger partial charge on any atom is -0.497 e. The third-order valence-electron chi connectivity index (χ3n) is 4.80. The molecule has 1 saturated carbocycles. The normalized spacial score (nSPS) is 19.0. The molecular formula is C18H29NO2. The molecule has 1 fully saturated rings. The molecule has 0 bridgehead atoms.